The van der Waals surface area contributed by atoms with Gasteiger partial charge in [-0.25, -0.2) is 4.74 Å². The first kappa shape index (κ1) is 7.79. The zero-order valence-electron chi connectivity index (χ0n) is 6.53. The predicted octanol–water partition coefficient (Wildman–Crippen LogP) is 1.79. The SMILES string of the molecule is C/C=[N+](/[O-])Cc1ccccc1. The van der Waals surface area contributed by atoms with E-state index >= 15 is 0 Å². The molecule has 0 fully saturated rings. The summed E-state index contributed by atoms with van der Waals surface area (Å²) in [6.07, 6.45) is 1.52. The van der Waals surface area contributed by atoms with Gasteiger partial charge in [-0.15, -0.1) is 0 Å². The average molecular weight is 149 g/mol. The van der Waals surface area contributed by atoms with Gasteiger partial charge in [0, 0.05) is 12.5 Å². The van der Waals surface area contributed by atoms with Crippen molar-refractivity contribution >= 4 is 6.21 Å². The minimum atomic E-state index is 0.442. The largest absolute Gasteiger partial charge is 0.624 e. The Bertz CT molecular complexity index is 241. The Morgan fingerprint density at radius 3 is 2.55 bits per heavy atom. The standard InChI is InChI=1S/C9H11NO/c1-2-10(11)8-9-6-4-3-5-7-9/h2-7H,8H2,1H3/b10-2+. The molecule has 11 heavy (non-hydrogen) atoms. The molecule has 0 atom stereocenters. The number of hydroxylamine groups is 1. The van der Waals surface area contributed by atoms with Gasteiger partial charge in [0.15, 0.2) is 6.54 Å². The fourth-order valence-corrected chi connectivity index (χ4v) is 0.855. The van der Waals surface area contributed by atoms with Crippen LogP contribution in [0.3, 0.4) is 0 Å². The van der Waals surface area contributed by atoms with Gasteiger partial charge in [0.05, 0.1) is 0 Å². The van der Waals surface area contributed by atoms with Crippen LogP contribution >= 0.6 is 0 Å². The Balaban J connectivity index is 2.65. The van der Waals surface area contributed by atoms with E-state index < -0.39 is 0 Å². The molecule has 0 saturated heterocycles. The molecule has 0 aromatic heterocycles. The van der Waals surface area contributed by atoms with Crippen molar-refractivity contribution in [3.05, 3.63) is 41.1 Å². The molecule has 0 radical (unpaired) electrons. The molecule has 1 aromatic carbocycles. The summed E-state index contributed by atoms with van der Waals surface area (Å²) in [5.41, 5.74) is 1.04. The topological polar surface area (TPSA) is 26.1 Å². The smallest absolute Gasteiger partial charge is 0.178 e. The molecule has 0 aliphatic rings. The van der Waals surface area contributed by atoms with Crippen molar-refractivity contribution in [1.82, 2.24) is 0 Å². The summed E-state index contributed by atoms with van der Waals surface area (Å²) in [6, 6.07) is 9.68. The Hall–Kier alpha value is -1.31. The number of hydrogen-bond acceptors (Lipinski definition) is 1. The lowest BCUT2D eigenvalue weighted by Gasteiger charge is -2.01. The first-order valence-electron chi connectivity index (χ1n) is 3.60. The molecule has 0 unspecified atom stereocenters. The van der Waals surface area contributed by atoms with E-state index in [-0.39, 0.29) is 0 Å². The van der Waals surface area contributed by atoms with E-state index in [2.05, 4.69) is 0 Å². The third kappa shape index (κ3) is 2.42. The lowest BCUT2D eigenvalue weighted by atomic mass is 10.2. The second-order valence-corrected chi connectivity index (χ2v) is 2.32. The molecule has 0 saturated carbocycles. The van der Waals surface area contributed by atoms with Gasteiger partial charge < -0.3 is 5.21 Å². The summed E-state index contributed by atoms with van der Waals surface area (Å²) in [5, 5.41) is 10.8. The quantitative estimate of drug-likeness (QED) is 0.272. The van der Waals surface area contributed by atoms with E-state index in [4.69, 9.17) is 0 Å². The molecule has 0 N–H and O–H groups in total. The van der Waals surface area contributed by atoms with Crippen LogP contribution in [-0.2, 0) is 6.54 Å². The van der Waals surface area contributed by atoms with E-state index in [0.717, 1.165) is 10.3 Å². The van der Waals surface area contributed by atoms with Gasteiger partial charge in [0.25, 0.3) is 0 Å². The Morgan fingerprint density at radius 1 is 1.36 bits per heavy atom. The summed E-state index contributed by atoms with van der Waals surface area (Å²) in [5.74, 6) is 0. The predicted molar refractivity (Wildman–Crippen MR) is 45.5 cm³/mol. The van der Waals surface area contributed by atoms with Crippen molar-refractivity contribution in [2.75, 3.05) is 0 Å². The van der Waals surface area contributed by atoms with Crippen molar-refractivity contribution in [1.29, 1.82) is 0 Å². The normalized spacial score (nSPS) is 11.5. The Kier molecular flexibility index (Phi) is 2.66. The lowest BCUT2D eigenvalue weighted by molar-refractivity contribution is -0.470. The summed E-state index contributed by atoms with van der Waals surface area (Å²) < 4.78 is 0.912. The molecule has 0 aliphatic carbocycles. The van der Waals surface area contributed by atoms with Crippen LogP contribution in [0.15, 0.2) is 30.3 Å². The summed E-state index contributed by atoms with van der Waals surface area (Å²) in [4.78, 5) is 0. The molecular formula is C9H11NO. The second-order valence-electron chi connectivity index (χ2n) is 2.32. The van der Waals surface area contributed by atoms with Crippen molar-refractivity contribution in [3.8, 4) is 0 Å². The maximum absolute atomic E-state index is 10.8. The van der Waals surface area contributed by atoms with E-state index in [0.29, 0.717) is 6.54 Å². The summed E-state index contributed by atoms with van der Waals surface area (Å²) in [7, 11) is 0. The molecular weight excluding hydrogens is 138 g/mol. The van der Waals surface area contributed by atoms with E-state index in [1.54, 1.807) is 6.92 Å². The molecule has 0 aliphatic heterocycles. The number of rotatable bonds is 2. The highest BCUT2D eigenvalue weighted by Crippen LogP contribution is 1.98. The Labute approximate surface area is 66.4 Å². The van der Waals surface area contributed by atoms with Crippen LogP contribution in [0.4, 0.5) is 0 Å². The highest BCUT2D eigenvalue weighted by molar-refractivity contribution is 5.46. The fourth-order valence-electron chi connectivity index (χ4n) is 0.855. The minimum absolute atomic E-state index is 0.442. The van der Waals surface area contributed by atoms with Crippen LogP contribution in [-0.4, -0.2) is 11.0 Å². The highest BCUT2D eigenvalue weighted by atomic mass is 16.5. The van der Waals surface area contributed by atoms with Crippen LogP contribution < -0.4 is 0 Å². The van der Waals surface area contributed by atoms with Crippen molar-refractivity contribution < 1.29 is 4.74 Å². The van der Waals surface area contributed by atoms with Gasteiger partial charge in [0.1, 0.15) is 6.21 Å². The van der Waals surface area contributed by atoms with Crippen molar-refractivity contribution in [2.24, 2.45) is 0 Å². The number of hydrogen-bond donors (Lipinski definition) is 0. The third-order valence-corrected chi connectivity index (χ3v) is 1.47. The van der Waals surface area contributed by atoms with Gasteiger partial charge in [-0.2, -0.15) is 0 Å². The van der Waals surface area contributed by atoms with Gasteiger partial charge >= 0.3 is 0 Å². The Morgan fingerprint density at radius 2 is 2.00 bits per heavy atom. The van der Waals surface area contributed by atoms with Crippen LogP contribution in [0.1, 0.15) is 12.5 Å². The van der Waals surface area contributed by atoms with E-state index in [1.807, 2.05) is 30.3 Å². The summed E-state index contributed by atoms with van der Waals surface area (Å²) in [6.45, 7) is 2.17. The van der Waals surface area contributed by atoms with Gasteiger partial charge in [0.2, 0.25) is 0 Å². The first-order chi connectivity index (χ1) is 5.33. The summed E-state index contributed by atoms with van der Waals surface area (Å²) >= 11 is 0. The molecule has 2 nitrogen and oxygen atoms in total. The number of nitrogens with zero attached hydrogens (tertiary/aromatic N) is 1. The van der Waals surface area contributed by atoms with Crippen LogP contribution in [0.25, 0.3) is 0 Å². The van der Waals surface area contributed by atoms with Crippen LogP contribution in [0.2, 0.25) is 0 Å². The zero-order chi connectivity index (χ0) is 8.10. The first-order valence-corrected chi connectivity index (χ1v) is 3.60. The molecule has 1 aromatic rings. The van der Waals surface area contributed by atoms with E-state index in [9.17, 15) is 5.21 Å². The maximum Gasteiger partial charge on any atom is 0.178 e. The fraction of sp³-hybridized carbons (Fsp3) is 0.222. The average Bonchev–Trinajstić information content (AvgIpc) is 2.06. The monoisotopic (exact) mass is 149 g/mol. The van der Waals surface area contributed by atoms with Crippen molar-refractivity contribution in [2.45, 2.75) is 13.5 Å². The molecule has 0 heterocycles. The third-order valence-electron chi connectivity index (χ3n) is 1.47. The van der Waals surface area contributed by atoms with E-state index in [1.165, 1.54) is 6.21 Å². The molecule has 0 amide bonds. The molecule has 58 valence electrons. The molecule has 0 spiro atoms. The van der Waals surface area contributed by atoms with Gasteiger partial charge in [-0.3, -0.25) is 0 Å². The molecule has 2 heteroatoms. The minimum Gasteiger partial charge on any atom is -0.624 e. The zero-order valence-corrected chi connectivity index (χ0v) is 6.53. The second kappa shape index (κ2) is 3.76. The molecule has 0 bridgehead atoms. The number of benzene rings is 1. The molecule has 1 rings (SSSR count). The van der Waals surface area contributed by atoms with Gasteiger partial charge in [-0.05, 0) is 0 Å². The van der Waals surface area contributed by atoms with Gasteiger partial charge in [-0.1, -0.05) is 30.3 Å². The van der Waals surface area contributed by atoms with Crippen molar-refractivity contribution in [3.63, 3.8) is 0 Å². The van der Waals surface area contributed by atoms with Crippen LogP contribution in [0.5, 0.6) is 0 Å². The highest BCUT2D eigenvalue weighted by Gasteiger charge is 1.93. The maximum atomic E-state index is 10.8. The lowest BCUT2D eigenvalue weighted by Crippen LogP contribution is -2.02. The van der Waals surface area contributed by atoms with Crippen LogP contribution in [0, 0.1) is 5.21 Å².